The number of unbranched alkanes of at least 4 members (excludes halogenated alkanes) is 2. The molecule has 0 aliphatic heterocycles. The second kappa shape index (κ2) is 9.70. The van der Waals surface area contributed by atoms with E-state index in [4.69, 9.17) is 14.2 Å². The fourth-order valence-electron chi connectivity index (χ4n) is 2.59. The van der Waals surface area contributed by atoms with E-state index in [0.717, 1.165) is 30.2 Å². The Balaban J connectivity index is 2.21. The first-order valence-corrected chi connectivity index (χ1v) is 8.77. The Hall–Kier alpha value is -2.70. The van der Waals surface area contributed by atoms with Gasteiger partial charge in [0.2, 0.25) is 11.7 Å². The lowest BCUT2D eigenvalue weighted by Crippen LogP contribution is -2.07. The highest BCUT2D eigenvalue weighted by atomic mass is 16.5. The molecule has 0 aliphatic rings. The number of nitrogens with one attached hydrogen (secondary N) is 2. The van der Waals surface area contributed by atoms with Crippen LogP contribution >= 0.6 is 0 Å². The van der Waals surface area contributed by atoms with Gasteiger partial charge in [0.25, 0.3) is 0 Å². The van der Waals surface area contributed by atoms with E-state index in [9.17, 15) is 0 Å². The van der Waals surface area contributed by atoms with E-state index in [1.54, 1.807) is 21.3 Å². The van der Waals surface area contributed by atoms with Gasteiger partial charge in [-0.15, -0.1) is 0 Å². The molecule has 2 aromatic rings. The summed E-state index contributed by atoms with van der Waals surface area (Å²) in [7, 11) is 4.75. The molecule has 2 N–H and O–H groups in total. The monoisotopic (exact) mass is 360 g/mol. The summed E-state index contributed by atoms with van der Waals surface area (Å²) in [6.45, 7) is 5.03. The lowest BCUT2D eigenvalue weighted by Gasteiger charge is -2.15. The normalized spacial score (nSPS) is 10.3. The molecule has 0 unspecified atom stereocenters. The molecule has 1 aromatic carbocycles. The molecule has 0 spiro atoms. The highest BCUT2D eigenvalue weighted by Crippen LogP contribution is 2.40. The number of benzene rings is 1. The fraction of sp³-hybridized carbons (Fsp3) is 0.474. The lowest BCUT2D eigenvalue weighted by atomic mass is 10.2. The maximum atomic E-state index is 5.38. The number of hydrogen-bond donors (Lipinski definition) is 2. The van der Waals surface area contributed by atoms with Crippen LogP contribution in [-0.2, 0) is 0 Å². The van der Waals surface area contributed by atoms with Crippen molar-refractivity contribution in [1.82, 2.24) is 9.97 Å². The summed E-state index contributed by atoms with van der Waals surface area (Å²) in [5.41, 5.74) is 1.63. The van der Waals surface area contributed by atoms with E-state index < -0.39 is 0 Å². The minimum atomic E-state index is 0.511. The molecule has 7 nitrogen and oxygen atoms in total. The zero-order valence-electron chi connectivity index (χ0n) is 16.2. The largest absolute Gasteiger partial charge is 0.493 e. The van der Waals surface area contributed by atoms with Gasteiger partial charge >= 0.3 is 0 Å². The maximum absolute atomic E-state index is 5.38. The lowest BCUT2D eigenvalue weighted by molar-refractivity contribution is 0.324. The van der Waals surface area contributed by atoms with Crippen molar-refractivity contribution >= 4 is 17.5 Å². The van der Waals surface area contributed by atoms with E-state index in [-0.39, 0.29) is 0 Å². The fourth-order valence-corrected chi connectivity index (χ4v) is 2.59. The average molecular weight is 360 g/mol. The highest BCUT2D eigenvalue weighted by molar-refractivity contribution is 5.66. The summed E-state index contributed by atoms with van der Waals surface area (Å²) in [4.78, 5) is 8.99. The number of nitrogens with zero attached hydrogens (tertiary/aromatic N) is 2. The van der Waals surface area contributed by atoms with Gasteiger partial charge in [-0.05, 0) is 13.3 Å². The Kier molecular flexibility index (Phi) is 7.32. The van der Waals surface area contributed by atoms with E-state index in [1.165, 1.54) is 12.8 Å². The number of anilines is 3. The second-order valence-corrected chi connectivity index (χ2v) is 5.89. The van der Waals surface area contributed by atoms with Gasteiger partial charge in [-0.25, -0.2) is 4.98 Å². The summed E-state index contributed by atoms with van der Waals surface area (Å²) in [5, 5.41) is 6.56. The first-order valence-electron chi connectivity index (χ1n) is 8.77. The number of aryl methyl sites for hydroxylation is 1. The van der Waals surface area contributed by atoms with E-state index in [1.807, 2.05) is 25.1 Å². The van der Waals surface area contributed by atoms with E-state index in [2.05, 4.69) is 27.5 Å². The van der Waals surface area contributed by atoms with Crippen molar-refractivity contribution in [3.63, 3.8) is 0 Å². The SMILES string of the molecule is CCCCCNc1cc(C)nc(Nc2cc(OC)c(OC)c(OC)c2)n1. The Morgan fingerprint density at radius 3 is 2.19 bits per heavy atom. The molecule has 1 aromatic heterocycles. The molecule has 7 heteroatoms. The van der Waals surface area contributed by atoms with Gasteiger partial charge in [-0.3, -0.25) is 0 Å². The van der Waals surface area contributed by atoms with Crippen molar-refractivity contribution < 1.29 is 14.2 Å². The number of methoxy groups -OCH3 is 3. The van der Waals surface area contributed by atoms with Crippen molar-refractivity contribution in [2.75, 3.05) is 38.5 Å². The van der Waals surface area contributed by atoms with Gasteiger partial charge in [0.15, 0.2) is 11.5 Å². The van der Waals surface area contributed by atoms with Crippen molar-refractivity contribution in [3.8, 4) is 17.2 Å². The quantitative estimate of drug-likeness (QED) is 0.616. The van der Waals surface area contributed by atoms with E-state index in [0.29, 0.717) is 23.2 Å². The van der Waals surface area contributed by atoms with Crippen LogP contribution in [0.1, 0.15) is 31.9 Å². The van der Waals surface area contributed by atoms with Crippen LogP contribution in [0.25, 0.3) is 0 Å². The topological polar surface area (TPSA) is 77.5 Å². The molecule has 0 radical (unpaired) electrons. The summed E-state index contributed by atoms with van der Waals surface area (Å²) < 4.78 is 16.1. The third-order valence-electron chi connectivity index (χ3n) is 3.86. The van der Waals surface area contributed by atoms with Crippen LogP contribution in [0.2, 0.25) is 0 Å². The van der Waals surface area contributed by atoms with Gasteiger partial charge in [-0.2, -0.15) is 4.98 Å². The maximum Gasteiger partial charge on any atom is 0.229 e. The summed E-state index contributed by atoms with van der Waals surface area (Å²) in [5.74, 6) is 3.00. The second-order valence-electron chi connectivity index (χ2n) is 5.89. The molecule has 0 aliphatic carbocycles. The predicted octanol–water partition coefficient (Wildman–Crippen LogP) is 4.16. The van der Waals surface area contributed by atoms with Crippen molar-refractivity contribution in [1.29, 1.82) is 0 Å². The zero-order valence-corrected chi connectivity index (χ0v) is 16.2. The van der Waals surface area contributed by atoms with Crippen molar-refractivity contribution in [3.05, 3.63) is 23.9 Å². The van der Waals surface area contributed by atoms with Crippen LogP contribution in [0.3, 0.4) is 0 Å². The standard InChI is InChI=1S/C19H28N4O3/c1-6-7-8-9-20-17-10-13(2)21-19(23-17)22-14-11-15(24-3)18(26-5)16(12-14)25-4/h10-12H,6-9H2,1-5H3,(H2,20,21,22,23). The average Bonchev–Trinajstić information content (AvgIpc) is 2.64. The van der Waals surface area contributed by atoms with Gasteiger partial charge < -0.3 is 24.8 Å². The van der Waals surface area contributed by atoms with Crippen LogP contribution in [0.5, 0.6) is 17.2 Å². The molecule has 142 valence electrons. The molecular formula is C19H28N4O3. The Morgan fingerprint density at radius 2 is 1.62 bits per heavy atom. The van der Waals surface area contributed by atoms with Crippen LogP contribution in [0.15, 0.2) is 18.2 Å². The van der Waals surface area contributed by atoms with E-state index >= 15 is 0 Å². The highest BCUT2D eigenvalue weighted by Gasteiger charge is 2.14. The number of aromatic nitrogens is 2. The van der Waals surface area contributed by atoms with Crippen LogP contribution in [0.4, 0.5) is 17.5 Å². The molecule has 2 rings (SSSR count). The van der Waals surface area contributed by atoms with Crippen LogP contribution in [0, 0.1) is 6.92 Å². The smallest absolute Gasteiger partial charge is 0.229 e. The Bertz CT molecular complexity index is 697. The number of ether oxygens (including phenoxy) is 3. The molecule has 0 bridgehead atoms. The Morgan fingerprint density at radius 1 is 0.923 bits per heavy atom. The predicted molar refractivity (Wildman–Crippen MR) is 104 cm³/mol. The molecule has 0 saturated carbocycles. The summed E-state index contributed by atoms with van der Waals surface area (Å²) in [6.07, 6.45) is 3.52. The zero-order chi connectivity index (χ0) is 18.9. The minimum Gasteiger partial charge on any atom is -0.493 e. The third kappa shape index (κ3) is 5.15. The molecule has 0 atom stereocenters. The van der Waals surface area contributed by atoms with Gasteiger partial charge in [0.1, 0.15) is 5.82 Å². The van der Waals surface area contributed by atoms with Gasteiger partial charge in [0.05, 0.1) is 21.3 Å². The number of hydrogen-bond acceptors (Lipinski definition) is 7. The van der Waals surface area contributed by atoms with Crippen LogP contribution in [-0.4, -0.2) is 37.8 Å². The van der Waals surface area contributed by atoms with Crippen LogP contribution < -0.4 is 24.8 Å². The molecule has 0 saturated heterocycles. The molecular weight excluding hydrogens is 332 g/mol. The first kappa shape index (κ1) is 19.6. The minimum absolute atomic E-state index is 0.511. The van der Waals surface area contributed by atoms with Crippen molar-refractivity contribution in [2.24, 2.45) is 0 Å². The number of rotatable bonds is 10. The van der Waals surface area contributed by atoms with Gasteiger partial charge in [0, 0.05) is 36.1 Å². The third-order valence-corrected chi connectivity index (χ3v) is 3.86. The van der Waals surface area contributed by atoms with Crippen molar-refractivity contribution in [2.45, 2.75) is 33.1 Å². The summed E-state index contributed by atoms with van der Waals surface area (Å²) in [6, 6.07) is 5.58. The molecule has 0 amide bonds. The summed E-state index contributed by atoms with van der Waals surface area (Å²) >= 11 is 0. The molecule has 1 heterocycles. The molecule has 26 heavy (non-hydrogen) atoms. The van der Waals surface area contributed by atoms with Gasteiger partial charge in [-0.1, -0.05) is 19.8 Å². The first-order chi connectivity index (χ1) is 12.6. The Labute approximate surface area is 155 Å². The molecule has 0 fully saturated rings.